The zero-order valence-electron chi connectivity index (χ0n) is 4.01. The van der Waals surface area contributed by atoms with Crippen molar-refractivity contribution in [3.63, 3.8) is 0 Å². The van der Waals surface area contributed by atoms with Crippen LogP contribution in [0.4, 0.5) is 0 Å². The Morgan fingerprint density at radius 2 is 2.43 bits per heavy atom. The van der Waals surface area contributed by atoms with Crippen LogP contribution in [0.1, 0.15) is 6.92 Å². The van der Waals surface area contributed by atoms with E-state index in [4.69, 9.17) is 6.42 Å². The fourth-order valence-electron chi connectivity index (χ4n) is 0.0713. The van der Waals surface area contributed by atoms with E-state index < -0.39 is 0 Å². The standard InChI is InChI=1S/C5H6OS/c1-3-4(2)5(6)7/h1,4H,2H3,(H,6,7). The molecule has 0 aromatic rings. The molecule has 1 nitrogen and oxygen atoms in total. The first-order valence-corrected chi connectivity index (χ1v) is 2.32. The molecule has 0 N–H and O–H groups in total. The van der Waals surface area contributed by atoms with Gasteiger partial charge >= 0.3 is 0 Å². The van der Waals surface area contributed by atoms with Crippen LogP contribution < -0.4 is 0 Å². The zero-order chi connectivity index (χ0) is 5.86. The first kappa shape index (κ1) is 6.58. The Bertz CT molecular complexity index is 112. The molecule has 0 rings (SSSR count). The van der Waals surface area contributed by atoms with E-state index in [-0.39, 0.29) is 11.0 Å². The van der Waals surface area contributed by atoms with E-state index in [1.165, 1.54) is 0 Å². The van der Waals surface area contributed by atoms with Crippen LogP contribution in [0.3, 0.4) is 0 Å². The van der Waals surface area contributed by atoms with E-state index in [0.717, 1.165) is 0 Å². The van der Waals surface area contributed by atoms with Crippen molar-refractivity contribution in [1.29, 1.82) is 0 Å². The summed E-state index contributed by atoms with van der Waals surface area (Å²) in [7, 11) is 0. The van der Waals surface area contributed by atoms with Gasteiger partial charge in [0.15, 0.2) is 0 Å². The molecule has 1 atom stereocenters. The molecule has 38 valence electrons. The monoisotopic (exact) mass is 114 g/mol. The second-order valence-electron chi connectivity index (χ2n) is 1.23. The minimum Gasteiger partial charge on any atom is -0.286 e. The summed E-state index contributed by atoms with van der Waals surface area (Å²) >= 11 is 3.49. The smallest absolute Gasteiger partial charge is 0.200 e. The quantitative estimate of drug-likeness (QED) is 0.392. The molecular weight excluding hydrogens is 108 g/mol. The third-order valence-electron chi connectivity index (χ3n) is 0.620. The normalized spacial score (nSPS) is 12.1. The molecule has 0 aliphatic rings. The van der Waals surface area contributed by atoms with Crippen LogP contribution in [0.15, 0.2) is 0 Å². The highest BCUT2D eigenvalue weighted by Crippen LogP contribution is 1.95. The summed E-state index contributed by atoms with van der Waals surface area (Å²) in [6.45, 7) is 1.63. The molecule has 2 heteroatoms. The number of carbonyl (C=O) groups excluding carboxylic acids is 1. The number of rotatable bonds is 1. The molecule has 0 saturated heterocycles. The average molecular weight is 114 g/mol. The Labute approximate surface area is 48.5 Å². The molecule has 0 fully saturated rings. The Morgan fingerprint density at radius 3 is 2.43 bits per heavy atom. The maximum Gasteiger partial charge on any atom is 0.200 e. The van der Waals surface area contributed by atoms with Crippen molar-refractivity contribution in [1.82, 2.24) is 0 Å². The highest BCUT2D eigenvalue weighted by Gasteiger charge is 2.00. The van der Waals surface area contributed by atoms with Gasteiger partial charge < -0.3 is 0 Å². The van der Waals surface area contributed by atoms with Gasteiger partial charge in [-0.25, -0.2) is 0 Å². The van der Waals surface area contributed by atoms with Gasteiger partial charge in [-0.15, -0.1) is 19.1 Å². The molecule has 0 spiro atoms. The lowest BCUT2D eigenvalue weighted by Gasteiger charge is -1.89. The van der Waals surface area contributed by atoms with Crippen LogP contribution in [0.25, 0.3) is 0 Å². The number of hydrogen-bond donors (Lipinski definition) is 1. The van der Waals surface area contributed by atoms with E-state index in [1.807, 2.05) is 0 Å². The largest absolute Gasteiger partial charge is 0.286 e. The van der Waals surface area contributed by atoms with Gasteiger partial charge in [0.1, 0.15) is 0 Å². The Balaban J connectivity index is 3.63. The van der Waals surface area contributed by atoms with Crippen LogP contribution in [0.2, 0.25) is 0 Å². The van der Waals surface area contributed by atoms with Crippen LogP contribution in [0.5, 0.6) is 0 Å². The molecule has 0 aromatic heterocycles. The number of thiol groups is 1. The summed E-state index contributed by atoms with van der Waals surface area (Å²) in [6.07, 6.45) is 4.85. The van der Waals surface area contributed by atoms with Gasteiger partial charge in [-0.05, 0) is 6.92 Å². The average Bonchev–Trinajstić information content (AvgIpc) is 1.65. The third-order valence-corrected chi connectivity index (χ3v) is 1.01. The lowest BCUT2D eigenvalue weighted by Crippen LogP contribution is -1.98. The van der Waals surface area contributed by atoms with Crippen LogP contribution in [-0.4, -0.2) is 5.12 Å². The Morgan fingerprint density at radius 1 is 2.00 bits per heavy atom. The number of terminal acetylenes is 1. The minimum atomic E-state index is -0.344. The molecule has 1 unspecified atom stereocenters. The predicted octanol–water partition coefficient (Wildman–Crippen LogP) is 0.712. The molecule has 0 aliphatic heterocycles. The van der Waals surface area contributed by atoms with Crippen LogP contribution in [-0.2, 0) is 4.79 Å². The van der Waals surface area contributed by atoms with Gasteiger partial charge in [0, 0.05) is 0 Å². The molecule has 0 heterocycles. The predicted molar refractivity (Wildman–Crippen MR) is 32.0 cm³/mol. The molecule has 0 amide bonds. The first-order valence-electron chi connectivity index (χ1n) is 1.87. The van der Waals surface area contributed by atoms with Crippen molar-refractivity contribution in [3.8, 4) is 12.3 Å². The molecule has 7 heavy (non-hydrogen) atoms. The molecule has 0 aliphatic carbocycles. The maximum atomic E-state index is 10.1. The maximum absolute atomic E-state index is 10.1. The minimum absolute atomic E-state index is 0.248. The third kappa shape index (κ3) is 2.30. The van der Waals surface area contributed by atoms with Crippen molar-refractivity contribution in [2.45, 2.75) is 6.92 Å². The van der Waals surface area contributed by atoms with Crippen molar-refractivity contribution in [2.75, 3.05) is 0 Å². The summed E-state index contributed by atoms with van der Waals surface area (Å²) in [6, 6.07) is 0. The molecule has 0 aromatic carbocycles. The van der Waals surface area contributed by atoms with E-state index in [2.05, 4.69) is 18.5 Å². The van der Waals surface area contributed by atoms with E-state index in [9.17, 15) is 4.79 Å². The van der Waals surface area contributed by atoms with Crippen LogP contribution in [0, 0.1) is 18.3 Å². The second kappa shape index (κ2) is 2.70. The van der Waals surface area contributed by atoms with E-state index in [0.29, 0.717) is 0 Å². The molecule has 0 saturated carbocycles. The fraction of sp³-hybridized carbons (Fsp3) is 0.400. The van der Waals surface area contributed by atoms with Gasteiger partial charge in [-0.2, -0.15) is 0 Å². The second-order valence-corrected chi connectivity index (χ2v) is 1.67. The van der Waals surface area contributed by atoms with Crippen molar-refractivity contribution in [2.24, 2.45) is 5.92 Å². The number of carbonyl (C=O) groups is 1. The van der Waals surface area contributed by atoms with E-state index in [1.54, 1.807) is 6.92 Å². The van der Waals surface area contributed by atoms with Gasteiger partial charge in [0.05, 0.1) is 5.92 Å². The lowest BCUT2D eigenvalue weighted by atomic mass is 10.2. The van der Waals surface area contributed by atoms with Crippen LogP contribution >= 0.6 is 12.6 Å². The molecule has 0 radical (unpaired) electrons. The summed E-state index contributed by atoms with van der Waals surface area (Å²) in [5.41, 5.74) is 0. The van der Waals surface area contributed by atoms with Crippen molar-refractivity contribution in [3.05, 3.63) is 0 Å². The Kier molecular flexibility index (Phi) is 2.54. The summed E-state index contributed by atoms with van der Waals surface area (Å²) in [4.78, 5) is 10.1. The van der Waals surface area contributed by atoms with Gasteiger partial charge in [0.2, 0.25) is 5.12 Å². The van der Waals surface area contributed by atoms with Gasteiger partial charge in [-0.3, -0.25) is 4.79 Å². The zero-order valence-corrected chi connectivity index (χ0v) is 4.90. The summed E-state index contributed by atoms with van der Waals surface area (Å²) < 4.78 is 0. The molecular formula is C5H6OS. The highest BCUT2D eigenvalue weighted by atomic mass is 32.1. The fourth-order valence-corrected chi connectivity index (χ4v) is 0.146. The first-order chi connectivity index (χ1) is 3.18. The van der Waals surface area contributed by atoms with Gasteiger partial charge in [-0.1, -0.05) is 5.92 Å². The topological polar surface area (TPSA) is 17.1 Å². The summed E-state index contributed by atoms with van der Waals surface area (Å²) in [5, 5.41) is -0.248. The molecule has 0 bridgehead atoms. The van der Waals surface area contributed by atoms with Crippen molar-refractivity contribution < 1.29 is 4.79 Å². The van der Waals surface area contributed by atoms with Gasteiger partial charge in [0.25, 0.3) is 0 Å². The number of hydrogen-bond acceptors (Lipinski definition) is 1. The van der Waals surface area contributed by atoms with Crippen molar-refractivity contribution >= 4 is 17.7 Å². The highest BCUT2D eigenvalue weighted by molar-refractivity contribution is 7.96. The van der Waals surface area contributed by atoms with E-state index >= 15 is 0 Å². The Hall–Kier alpha value is -0.420. The SMILES string of the molecule is C#CC(C)C(=O)S. The lowest BCUT2D eigenvalue weighted by molar-refractivity contribution is -0.112. The summed E-state index contributed by atoms with van der Waals surface area (Å²) in [5.74, 6) is 1.89.